The monoisotopic (exact) mass is 358 g/mol. The molecule has 25 heavy (non-hydrogen) atoms. The van der Waals surface area contributed by atoms with Crippen molar-refractivity contribution in [2.24, 2.45) is 0 Å². The summed E-state index contributed by atoms with van der Waals surface area (Å²) in [6.45, 7) is 4.48. The number of nitrogens with one attached hydrogen (secondary N) is 1. The molecule has 3 rings (SSSR count). The molecule has 1 aliphatic heterocycles. The van der Waals surface area contributed by atoms with Crippen LogP contribution in [-0.2, 0) is 20.6 Å². The highest BCUT2D eigenvalue weighted by molar-refractivity contribution is 7.88. The van der Waals surface area contributed by atoms with E-state index >= 15 is 0 Å². The van der Waals surface area contributed by atoms with Crippen molar-refractivity contribution in [3.63, 3.8) is 0 Å². The molecule has 0 radical (unpaired) electrons. The Kier molecular flexibility index (Phi) is 4.92. The van der Waals surface area contributed by atoms with Crippen LogP contribution in [0.15, 0.2) is 48.5 Å². The Morgan fingerprint density at radius 2 is 1.72 bits per heavy atom. The lowest BCUT2D eigenvalue weighted by Crippen LogP contribution is -2.42. The van der Waals surface area contributed by atoms with Gasteiger partial charge in [0.25, 0.3) is 0 Å². The Labute approximate surface area is 148 Å². The Morgan fingerprint density at radius 3 is 2.36 bits per heavy atom. The van der Waals surface area contributed by atoms with Crippen molar-refractivity contribution in [3.05, 3.63) is 65.2 Å². The Bertz CT molecular complexity index is 859. The van der Waals surface area contributed by atoms with Gasteiger partial charge in [0, 0.05) is 12.2 Å². The summed E-state index contributed by atoms with van der Waals surface area (Å²) in [4.78, 5) is 14.3. The molecule has 1 saturated heterocycles. The molecule has 2 aromatic rings. The van der Waals surface area contributed by atoms with Crippen LogP contribution >= 0.6 is 0 Å². The molecule has 1 fully saturated rings. The smallest absolute Gasteiger partial charge is 0.245 e. The number of anilines is 1. The second kappa shape index (κ2) is 6.98. The van der Waals surface area contributed by atoms with Crippen molar-refractivity contribution in [3.8, 4) is 0 Å². The van der Waals surface area contributed by atoms with Crippen molar-refractivity contribution in [2.75, 3.05) is 11.4 Å². The van der Waals surface area contributed by atoms with Crippen molar-refractivity contribution >= 4 is 21.6 Å². The lowest BCUT2D eigenvalue weighted by atomic mass is 10.1. The number of nitrogens with zero attached hydrogens (tertiary/aromatic N) is 1. The predicted molar refractivity (Wildman–Crippen MR) is 98.9 cm³/mol. The molecule has 0 spiro atoms. The normalized spacial score (nSPS) is 17.9. The lowest BCUT2D eigenvalue weighted by molar-refractivity contribution is -0.118. The van der Waals surface area contributed by atoms with Gasteiger partial charge in [-0.1, -0.05) is 36.4 Å². The molecule has 0 aromatic heterocycles. The number of amides is 1. The van der Waals surface area contributed by atoms with E-state index in [1.54, 1.807) is 29.2 Å². The zero-order chi connectivity index (χ0) is 18.0. The van der Waals surface area contributed by atoms with Crippen LogP contribution in [0, 0.1) is 13.8 Å². The highest BCUT2D eigenvalue weighted by Gasteiger charge is 2.35. The minimum Gasteiger partial charge on any atom is -0.311 e. The summed E-state index contributed by atoms with van der Waals surface area (Å²) in [6, 6.07) is 14.2. The van der Waals surface area contributed by atoms with Gasteiger partial charge in [0.15, 0.2) is 0 Å². The van der Waals surface area contributed by atoms with Gasteiger partial charge in [-0.25, -0.2) is 13.1 Å². The fourth-order valence-corrected chi connectivity index (χ4v) is 4.57. The van der Waals surface area contributed by atoms with E-state index in [1.807, 2.05) is 38.1 Å². The first-order valence-electron chi connectivity index (χ1n) is 8.28. The van der Waals surface area contributed by atoms with Crippen LogP contribution in [0.4, 0.5) is 5.69 Å². The van der Waals surface area contributed by atoms with Crippen LogP contribution in [0.5, 0.6) is 0 Å². The Morgan fingerprint density at radius 1 is 1.08 bits per heavy atom. The Balaban J connectivity index is 1.71. The van der Waals surface area contributed by atoms with Gasteiger partial charge in [0.2, 0.25) is 15.9 Å². The molecule has 0 aliphatic carbocycles. The number of rotatable bonds is 5. The largest absolute Gasteiger partial charge is 0.311 e. The second-order valence-electron chi connectivity index (χ2n) is 6.54. The third kappa shape index (κ3) is 4.27. The number of aryl methyl sites for hydroxylation is 2. The van der Waals surface area contributed by atoms with E-state index in [1.165, 1.54) is 0 Å². The molecule has 1 aliphatic rings. The van der Waals surface area contributed by atoms with E-state index in [0.717, 1.165) is 16.8 Å². The number of carbonyl (C=O) groups is 1. The zero-order valence-corrected chi connectivity index (χ0v) is 15.2. The molecule has 1 amide bonds. The molecular formula is C19H22N2O3S. The maximum Gasteiger partial charge on any atom is 0.245 e. The maximum atomic E-state index is 12.7. The first kappa shape index (κ1) is 17.6. The van der Waals surface area contributed by atoms with Crippen LogP contribution < -0.4 is 9.62 Å². The summed E-state index contributed by atoms with van der Waals surface area (Å²) in [5.41, 5.74) is 3.69. The van der Waals surface area contributed by atoms with E-state index in [9.17, 15) is 13.2 Å². The summed E-state index contributed by atoms with van der Waals surface area (Å²) in [7, 11) is -3.57. The van der Waals surface area contributed by atoms with E-state index in [0.29, 0.717) is 18.5 Å². The van der Waals surface area contributed by atoms with Gasteiger partial charge >= 0.3 is 0 Å². The van der Waals surface area contributed by atoms with Gasteiger partial charge in [-0.2, -0.15) is 0 Å². The number of hydrogen-bond donors (Lipinski definition) is 1. The Hall–Kier alpha value is -2.18. The maximum absolute atomic E-state index is 12.7. The fraction of sp³-hybridized carbons (Fsp3) is 0.316. The number of hydrogen-bond acceptors (Lipinski definition) is 3. The summed E-state index contributed by atoms with van der Waals surface area (Å²) >= 11 is 0. The third-order valence-electron chi connectivity index (χ3n) is 4.24. The van der Waals surface area contributed by atoms with Crippen LogP contribution in [0.1, 0.15) is 23.1 Å². The summed E-state index contributed by atoms with van der Waals surface area (Å²) in [6.07, 6.45) is 0.472. The first-order chi connectivity index (χ1) is 11.8. The molecule has 6 heteroatoms. The van der Waals surface area contributed by atoms with Gasteiger partial charge in [-0.3, -0.25) is 4.79 Å². The SMILES string of the molecule is Cc1cc(C)cc(N2CC[C@H](NS(=O)(=O)Cc3ccccc3)C2=O)c1. The summed E-state index contributed by atoms with van der Waals surface area (Å²) < 4.78 is 27.3. The van der Waals surface area contributed by atoms with Crippen LogP contribution in [-0.4, -0.2) is 26.9 Å². The molecule has 0 unspecified atom stereocenters. The molecule has 0 saturated carbocycles. The van der Waals surface area contributed by atoms with E-state index in [-0.39, 0.29) is 11.7 Å². The minimum absolute atomic E-state index is 0.124. The molecule has 132 valence electrons. The van der Waals surface area contributed by atoms with Gasteiger partial charge < -0.3 is 4.90 Å². The third-order valence-corrected chi connectivity index (χ3v) is 5.60. The van der Waals surface area contributed by atoms with Gasteiger partial charge in [-0.05, 0) is 49.1 Å². The summed E-state index contributed by atoms with van der Waals surface area (Å²) in [5.74, 6) is -0.317. The van der Waals surface area contributed by atoms with E-state index < -0.39 is 16.1 Å². The van der Waals surface area contributed by atoms with Gasteiger partial charge in [0.05, 0.1) is 5.75 Å². The van der Waals surface area contributed by atoms with Crippen molar-refractivity contribution in [2.45, 2.75) is 32.1 Å². The number of benzene rings is 2. The van der Waals surface area contributed by atoms with Crippen LogP contribution in [0.3, 0.4) is 0 Å². The van der Waals surface area contributed by atoms with Crippen molar-refractivity contribution in [1.29, 1.82) is 0 Å². The van der Waals surface area contributed by atoms with Crippen molar-refractivity contribution < 1.29 is 13.2 Å². The number of carbonyl (C=O) groups excluding carboxylic acids is 1. The molecule has 2 aromatic carbocycles. The standard InChI is InChI=1S/C19H22N2O3S/c1-14-10-15(2)12-17(11-14)21-9-8-18(19(21)22)20-25(23,24)13-16-6-4-3-5-7-16/h3-7,10-12,18,20H,8-9,13H2,1-2H3/t18-/m0/s1. The second-order valence-corrected chi connectivity index (χ2v) is 8.29. The average Bonchev–Trinajstić information content (AvgIpc) is 2.87. The highest BCUT2D eigenvalue weighted by Crippen LogP contribution is 2.24. The lowest BCUT2D eigenvalue weighted by Gasteiger charge is -2.18. The first-order valence-corrected chi connectivity index (χ1v) is 9.93. The van der Waals surface area contributed by atoms with Crippen LogP contribution in [0.2, 0.25) is 0 Å². The molecule has 0 bridgehead atoms. The van der Waals surface area contributed by atoms with Gasteiger partial charge in [0.1, 0.15) is 6.04 Å². The zero-order valence-electron chi connectivity index (χ0n) is 14.4. The predicted octanol–water partition coefficient (Wildman–Crippen LogP) is 2.53. The molecule has 5 nitrogen and oxygen atoms in total. The molecular weight excluding hydrogens is 336 g/mol. The van der Waals surface area contributed by atoms with E-state index in [2.05, 4.69) is 4.72 Å². The summed E-state index contributed by atoms with van der Waals surface area (Å²) in [5, 5.41) is 0. The van der Waals surface area contributed by atoms with Gasteiger partial charge in [-0.15, -0.1) is 0 Å². The topological polar surface area (TPSA) is 66.5 Å². The molecule has 1 N–H and O–H groups in total. The van der Waals surface area contributed by atoms with Crippen molar-refractivity contribution in [1.82, 2.24) is 4.72 Å². The quantitative estimate of drug-likeness (QED) is 0.893. The van der Waals surface area contributed by atoms with E-state index in [4.69, 9.17) is 0 Å². The molecule has 1 atom stereocenters. The number of sulfonamides is 1. The minimum atomic E-state index is -3.57. The average molecular weight is 358 g/mol. The van der Waals surface area contributed by atoms with Crippen LogP contribution in [0.25, 0.3) is 0 Å². The molecule has 1 heterocycles. The highest BCUT2D eigenvalue weighted by atomic mass is 32.2. The fourth-order valence-electron chi connectivity index (χ4n) is 3.20.